The van der Waals surface area contributed by atoms with E-state index in [2.05, 4.69) is 27.4 Å². The summed E-state index contributed by atoms with van der Waals surface area (Å²) in [6.07, 6.45) is 13.4. The van der Waals surface area contributed by atoms with E-state index in [9.17, 15) is 14.4 Å². The van der Waals surface area contributed by atoms with Crippen molar-refractivity contribution in [2.45, 2.75) is 97.5 Å². The van der Waals surface area contributed by atoms with Gasteiger partial charge in [-0.05, 0) is 110 Å². The molecule has 7 heteroatoms. The summed E-state index contributed by atoms with van der Waals surface area (Å²) in [6.45, 7) is 10.3. The lowest BCUT2D eigenvalue weighted by atomic mass is 9.75. The number of carbonyl (C=O) groups is 3. The fourth-order valence-corrected chi connectivity index (χ4v) is 6.35. The molecule has 262 valence electrons. The Morgan fingerprint density at radius 2 is 1.24 bits per heavy atom. The Hall–Kier alpha value is -4.23. The normalized spacial score (nSPS) is 17.3. The van der Waals surface area contributed by atoms with E-state index in [-0.39, 0.29) is 18.7 Å². The summed E-state index contributed by atoms with van der Waals surface area (Å²) in [5, 5.41) is 0. The van der Waals surface area contributed by atoms with Crippen molar-refractivity contribution < 1.29 is 33.3 Å². The highest BCUT2D eigenvalue weighted by molar-refractivity contribution is 5.91. The standard InChI is InChI=1S/C42H52O7/c1-5-6-7-8-9-10-11-12-13-40(43)47-35-21-15-32(16-22-35)33-17-23-37(24-18-33)49-42(45)34-19-25-36(26-20-34)48-41(44)29-46-39-28-31(4)14-27-38(39)30(2)3/h5,15-26,30-31,38-39H,1,6-14,27-29H2,2-4H3. The molecule has 3 aromatic carbocycles. The van der Waals surface area contributed by atoms with Crippen molar-refractivity contribution in [1.82, 2.24) is 0 Å². The minimum absolute atomic E-state index is 0.0620. The number of hydrogen-bond donors (Lipinski definition) is 0. The van der Waals surface area contributed by atoms with Crippen LogP contribution in [-0.4, -0.2) is 30.6 Å². The van der Waals surface area contributed by atoms with Crippen LogP contribution in [-0.2, 0) is 14.3 Å². The minimum atomic E-state index is -0.519. The lowest BCUT2D eigenvalue weighted by Crippen LogP contribution is -2.36. The molecule has 3 aromatic rings. The van der Waals surface area contributed by atoms with Crippen LogP contribution in [0.1, 0.15) is 102 Å². The summed E-state index contributed by atoms with van der Waals surface area (Å²) < 4.78 is 22.5. The summed E-state index contributed by atoms with van der Waals surface area (Å²) >= 11 is 0. The van der Waals surface area contributed by atoms with E-state index in [1.807, 2.05) is 30.3 Å². The minimum Gasteiger partial charge on any atom is -0.427 e. The Kier molecular flexibility index (Phi) is 15.1. The van der Waals surface area contributed by atoms with E-state index < -0.39 is 11.9 Å². The van der Waals surface area contributed by atoms with Gasteiger partial charge in [0.2, 0.25) is 0 Å². The van der Waals surface area contributed by atoms with Gasteiger partial charge in [0.25, 0.3) is 0 Å². The van der Waals surface area contributed by atoms with Crippen molar-refractivity contribution in [1.29, 1.82) is 0 Å². The molecule has 1 aliphatic rings. The molecule has 0 N–H and O–H groups in total. The number of hydrogen-bond acceptors (Lipinski definition) is 7. The number of esters is 3. The van der Waals surface area contributed by atoms with Gasteiger partial charge in [0.05, 0.1) is 11.7 Å². The largest absolute Gasteiger partial charge is 0.427 e. The van der Waals surface area contributed by atoms with E-state index in [0.29, 0.717) is 47.0 Å². The van der Waals surface area contributed by atoms with E-state index in [0.717, 1.165) is 49.7 Å². The zero-order valence-corrected chi connectivity index (χ0v) is 29.4. The summed E-state index contributed by atoms with van der Waals surface area (Å²) in [6, 6.07) is 20.8. The van der Waals surface area contributed by atoms with E-state index in [4.69, 9.17) is 18.9 Å². The highest BCUT2D eigenvalue weighted by Crippen LogP contribution is 2.35. The van der Waals surface area contributed by atoms with Crippen LogP contribution >= 0.6 is 0 Å². The maximum atomic E-state index is 12.8. The number of allylic oxidation sites excluding steroid dienone is 1. The molecule has 3 atom stereocenters. The Labute approximate surface area is 292 Å². The molecular weight excluding hydrogens is 616 g/mol. The van der Waals surface area contributed by atoms with Crippen LogP contribution in [0.15, 0.2) is 85.5 Å². The van der Waals surface area contributed by atoms with Gasteiger partial charge in [-0.15, -0.1) is 6.58 Å². The molecule has 0 saturated heterocycles. The fraction of sp³-hybridized carbons (Fsp3) is 0.452. The molecule has 0 amide bonds. The first-order valence-electron chi connectivity index (χ1n) is 17.9. The van der Waals surface area contributed by atoms with Gasteiger partial charge in [0.15, 0.2) is 0 Å². The topological polar surface area (TPSA) is 88.1 Å². The van der Waals surface area contributed by atoms with Crippen molar-refractivity contribution in [3.63, 3.8) is 0 Å². The molecule has 0 bridgehead atoms. The average Bonchev–Trinajstić information content (AvgIpc) is 3.09. The monoisotopic (exact) mass is 668 g/mol. The summed E-state index contributed by atoms with van der Waals surface area (Å²) in [7, 11) is 0. The second-order valence-corrected chi connectivity index (χ2v) is 13.5. The van der Waals surface area contributed by atoms with Crippen LogP contribution < -0.4 is 14.2 Å². The molecular formula is C42H52O7. The predicted molar refractivity (Wildman–Crippen MR) is 193 cm³/mol. The Morgan fingerprint density at radius 1 is 0.714 bits per heavy atom. The molecule has 0 spiro atoms. The van der Waals surface area contributed by atoms with Gasteiger partial charge in [-0.25, -0.2) is 9.59 Å². The van der Waals surface area contributed by atoms with Gasteiger partial charge in [-0.2, -0.15) is 0 Å². The third kappa shape index (κ3) is 12.6. The van der Waals surface area contributed by atoms with Gasteiger partial charge >= 0.3 is 17.9 Å². The highest BCUT2D eigenvalue weighted by Gasteiger charge is 2.32. The van der Waals surface area contributed by atoms with Gasteiger partial charge < -0.3 is 18.9 Å². The van der Waals surface area contributed by atoms with Crippen LogP contribution in [0.3, 0.4) is 0 Å². The fourth-order valence-electron chi connectivity index (χ4n) is 6.35. The molecule has 1 aliphatic carbocycles. The highest BCUT2D eigenvalue weighted by atomic mass is 16.6. The van der Waals surface area contributed by atoms with Crippen molar-refractivity contribution >= 4 is 17.9 Å². The zero-order valence-electron chi connectivity index (χ0n) is 29.4. The summed E-state index contributed by atoms with van der Waals surface area (Å²) in [5.74, 6) is 1.61. The van der Waals surface area contributed by atoms with E-state index in [1.54, 1.807) is 48.5 Å². The summed E-state index contributed by atoms with van der Waals surface area (Å²) in [5.41, 5.74) is 2.21. The lowest BCUT2D eigenvalue weighted by Gasteiger charge is -2.36. The number of benzene rings is 3. The van der Waals surface area contributed by atoms with Crippen molar-refractivity contribution in [2.24, 2.45) is 17.8 Å². The maximum Gasteiger partial charge on any atom is 0.343 e. The van der Waals surface area contributed by atoms with Gasteiger partial charge in [0.1, 0.15) is 23.9 Å². The third-order valence-corrected chi connectivity index (χ3v) is 9.22. The smallest absolute Gasteiger partial charge is 0.343 e. The Morgan fingerprint density at radius 3 is 1.84 bits per heavy atom. The van der Waals surface area contributed by atoms with E-state index in [1.165, 1.54) is 25.7 Å². The first-order chi connectivity index (χ1) is 23.7. The zero-order chi connectivity index (χ0) is 35.0. The molecule has 1 fully saturated rings. The van der Waals surface area contributed by atoms with Crippen LogP contribution in [0.25, 0.3) is 11.1 Å². The molecule has 0 radical (unpaired) electrons. The molecule has 1 saturated carbocycles. The van der Waals surface area contributed by atoms with Crippen molar-refractivity contribution in [2.75, 3.05) is 6.61 Å². The second kappa shape index (κ2) is 19.7. The molecule has 7 nitrogen and oxygen atoms in total. The number of rotatable bonds is 18. The maximum absolute atomic E-state index is 12.8. The molecule has 0 aliphatic heterocycles. The number of unbranched alkanes of at least 4 members (excludes halogenated alkanes) is 6. The van der Waals surface area contributed by atoms with Gasteiger partial charge in [-0.3, -0.25) is 4.79 Å². The van der Waals surface area contributed by atoms with Gasteiger partial charge in [-0.1, -0.05) is 83.2 Å². The first kappa shape index (κ1) is 37.6. The number of carbonyl (C=O) groups excluding carboxylic acids is 3. The molecule has 49 heavy (non-hydrogen) atoms. The van der Waals surface area contributed by atoms with Crippen molar-refractivity contribution in [3.8, 4) is 28.4 Å². The van der Waals surface area contributed by atoms with Crippen LogP contribution in [0.2, 0.25) is 0 Å². The van der Waals surface area contributed by atoms with E-state index >= 15 is 0 Å². The third-order valence-electron chi connectivity index (χ3n) is 9.22. The Balaban J connectivity index is 1.18. The second-order valence-electron chi connectivity index (χ2n) is 13.5. The number of ether oxygens (including phenoxy) is 4. The van der Waals surface area contributed by atoms with Crippen molar-refractivity contribution in [3.05, 3.63) is 91.0 Å². The molecule has 0 aromatic heterocycles. The van der Waals surface area contributed by atoms with Crippen LogP contribution in [0.4, 0.5) is 0 Å². The van der Waals surface area contributed by atoms with Crippen LogP contribution in [0.5, 0.6) is 17.2 Å². The van der Waals surface area contributed by atoms with Gasteiger partial charge in [0, 0.05) is 6.42 Å². The molecule has 0 heterocycles. The lowest BCUT2D eigenvalue weighted by molar-refractivity contribution is -0.145. The molecule has 3 unspecified atom stereocenters. The van der Waals surface area contributed by atoms with Crippen LogP contribution in [0, 0.1) is 17.8 Å². The Bertz CT molecular complexity index is 1470. The first-order valence-corrected chi connectivity index (χ1v) is 17.9. The average molecular weight is 669 g/mol. The molecule has 4 rings (SSSR count). The summed E-state index contributed by atoms with van der Waals surface area (Å²) in [4.78, 5) is 37.5. The predicted octanol–water partition coefficient (Wildman–Crippen LogP) is 10.2. The SMILES string of the molecule is C=CCCCCCCCCC(=O)Oc1ccc(-c2ccc(OC(=O)c3ccc(OC(=O)COC4CC(C)CCC4C(C)C)cc3)cc2)cc1. The quantitative estimate of drug-likeness (QED) is 0.0577.